The molecule has 6 rings (SSSR count). The predicted octanol–water partition coefficient (Wildman–Crippen LogP) is 7.15. The molecule has 1 aliphatic rings. The van der Waals surface area contributed by atoms with E-state index in [0.717, 1.165) is 5.82 Å². The summed E-state index contributed by atoms with van der Waals surface area (Å²) in [5, 5.41) is 2.59. The molecule has 3 nitrogen and oxygen atoms in total. The van der Waals surface area contributed by atoms with Crippen LogP contribution in [0.15, 0.2) is 85.2 Å². The van der Waals surface area contributed by atoms with E-state index in [1.807, 2.05) is 6.20 Å². The average molecular weight is 392 g/mol. The number of hydrogen-bond acceptors (Lipinski definition) is 1. The zero-order valence-corrected chi connectivity index (χ0v) is 17.0. The van der Waals surface area contributed by atoms with Gasteiger partial charge in [0.15, 0.2) is 0 Å². The normalized spacial score (nSPS) is 15.2. The Morgan fingerprint density at radius 3 is 2.00 bits per heavy atom. The maximum Gasteiger partial charge on any atom is 0.140 e. The second-order valence-electron chi connectivity index (χ2n) is 8.37. The number of aromatic nitrogens is 3. The number of hydrogen-bond donors (Lipinski definition) is 0. The lowest BCUT2D eigenvalue weighted by atomic mass is 9.95. The molecule has 0 atom stereocenters. The fourth-order valence-electron chi connectivity index (χ4n) is 5.15. The molecule has 1 fully saturated rings. The monoisotopic (exact) mass is 391 g/mol. The molecule has 5 aromatic rings. The molecule has 3 heteroatoms. The molecular formula is C27H25N3. The van der Waals surface area contributed by atoms with Crippen molar-refractivity contribution < 1.29 is 0 Å². The summed E-state index contributed by atoms with van der Waals surface area (Å²) < 4.78 is 4.76. The predicted molar refractivity (Wildman–Crippen MR) is 124 cm³/mol. The van der Waals surface area contributed by atoms with Crippen molar-refractivity contribution in [2.24, 2.45) is 0 Å². The first kappa shape index (κ1) is 17.5. The van der Waals surface area contributed by atoms with Crippen molar-refractivity contribution in [2.45, 2.75) is 38.1 Å². The fourth-order valence-corrected chi connectivity index (χ4v) is 5.15. The minimum Gasteiger partial charge on any atom is -0.328 e. The highest BCUT2D eigenvalue weighted by molar-refractivity contribution is 6.09. The molecule has 0 bridgehead atoms. The fraction of sp³-hybridized carbons (Fsp3) is 0.222. The zero-order chi connectivity index (χ0) is 19.9. The molecule has 0 unspecified atom stereocenters. The molecule has 0 N–H and O–H groups in total. The van der Waals surface area contributed by atoms with Crippen molar-refractivity contribution in [3.05, 3.63) is 85.2 Å². The van der Waals surface area contributed by atoms with Crippen LogP contribution < -0.4 is 0 Å². The molecule has 1 saturated carbocycles. The number of fused-ring (bicyclic) bond motifs is 3. The van der Waals surface area contributed by atoms with Crippen LogP contribution in [0.25, 0.3) is 38.9 Å². The van der Waals surface area contributed by atoms with Crippen molar-refractivity contribution >= 4 is 21.8 Å². The van der Waals surface area contributed by atoms with Crippen molar-refractivity contribution in [1.82, 2.24) is 14.1 Å². The highest BCUT2D eigenvalue weighted by Gasteiger charge is 2.19. The molecule has 3 aromatic carbocycles. The molecule has 0 aliphatic heterocycles. The molecule has 0 radical (unpaired) electrons. The topological polar surface area (TPSA) is 22.8 Å². The first-order valence-corrected chi connectivity index (χ1v) is 11.0. The second kappa shape index (κ2) is 7.17. The first-order valence-electron chi connectivity index (χ1n) is 11.0. The van der Waals surface area contributed by atoms with Crippen molar-refractivity contribution in [3.63, 3.8) is 0 Å². The van der Waals surface area contributed by atoms with Crippen molar-refractivity contribution in [3.8, 4) is 17.1 Å². The van der Waals surface area contributed by atoms with E-state index in [1.54, 1.807) is 0 Å². The van der Waals surface area contributed by atoms with Crippen molar-refractivity contribution in [2.75, 3.05) is 0 Å². The molecule has 148 valence electrons. The zero-order valence-electron chi connectivity index (χ0n) is 17.0. The van der Waals surface area contributed by atoms with E-state index in [-0.39, 0.29) is 0 Å². The summed E-state index contributed by atoms with van der Waals surface area (Å²) >= 11 is 0. The molecular weight excluding hydrogens is 366 g/mol. The molecule has 2 aromatic heterocycles. The summed E-state index contributed by atoms with van der Waals surface area (Å²) in [6.07, 6.45) is 10.7. The van der Waals surface area contributed by atoms with E-state index in [2.05, 4.69) is 88.1 Å². The molecule has 30 heavy (non-hydrogen) atoms. The van der Waals surface area contributed by atoms with Crippen LogP contribution in [0.4, 0.5) is 0 Å². The third kappa shape index (κ3) is 2.77. The van der Waals surface area contributed by atoms with Gasteiger partial charge in [-0.1, -0.05) is 55.7 Å². The lowest BCUT2D eigenvalue weighted by Gasteiger charge is -2.24. The van der Waals surface area contributed by atoms with E-state index in [9.17, 15) is 0 Å². The summed E-state index contributed by atoms with van der Waals surface area (Å²) in [5.41, 5.74) is 4.87. The second-order valence-corrected chi connectivity index (χ2v) is 8.37. The Kier molecular flexibility index (Phi) is 4.19. The Labute approximate surface area is 176 Å². The molecule has 0 spiro atoms. The first-order chi connectivity index (χ1) is 14.9. The summed E-state index contributed by atoms with van der Waals surface area (Å²) in [5.74, 6) is 1.09. The number of imidazole rings is 1. The summed E-state index contributed by atoms with van der Waals surface area (Å²) in [7, 11) is 0. The largest absolute Gasteiger partial charge is 0.328 e. The Balaban J connectivity index is 1.44. The Hall–Kier alpha value is -3.33. The lowest BCUT2D eigenvalue weighted by Crippen LogP contribution is -2.13. The summed E-state index contributed by atoms with van der Waals surface area (Å²) in [6, 6.07) is 26.8. The van der Waals surface area contributed by atoms with E-state index in [4.69, 9.17) is 4.98 Å². The van der Waals surface area contributed by atoms with E-state index >= 15 is 0 Å². The van der Waals surface area contributed by atoms with Gasteiger partial charge in [-0.05, 0) is 49.2 Å². The Bertz CT molecular complexity index is 1260. The van der Waals surface area contributed by atoms with Crippen LogP contribution in [-0.2, 0) is 0 Å². The number of nitrogens with zero attached hydrogens (tertiary/aromatic N) is 3. The third-order valence-corrected chi connectivity index (χ3v) is 6.60. The van der Waals surface area contributed by atoms with Crippen LogP contribution in [0.2, 0.25) is 0 Å². The molecule has 0 amide bonds. The SMILES string of the molecule is c1ccc2c(c1)c1ccccc1n2-c1ccc(-c2nccn2C2CCCCC2)cc1. The van der Waals surface area contributed by atoms with Gasteiger partial charge in [-0.2, -0.15) is 0 Å². The van der Waals surface area contributed by atoms with Crippen LogP contribution in [0.1, 0.15) is 38.1 Å². The lowest BCUT2D eigenvalue weighted by molar-refractivity contribution is 0.355. The van der Waals surface area contributed by atoms with Gasteiger partial charge in [-0.3, -0.25) is 0 Å². The maximum absolute atomic E-state index is 4.71. The quantitative estimate of drug-likeness (QED) is 0.320. The van der Waals surface area contributed by atoms with Gasteiger partial charge in [-0.25, -0.2) is 4.98 Å². The summed E-state index contributed by atoms with van der Waals surface area (Å²) in [6.45, 7) is 0. The maximum atomic E-state index is 4.71. The van der Waals surface area contributed by atoms with Gasteiger partial charge in [0.25, 0.3) is 0 Å². The number of rotatable bonds is 3. The minimum atomic E-state index is 0.591. The van der Waals surface area contributed by atoms with Gasteiger partial charge in [0.05, 0.1) is 11.0 Å². The van der Waals surface area contributed by atoms with Gasteiger partial charge in [-0.15, -0.1) is 0 Å². The van der Waals surface area contributed by atoms with Gasteiger partial charge >= 0.3 is 0 Å². The van der Waals surface area contributed by atoms with Gasteiger partial charge in [0, 0.05) is 40.5 Å². The van der Waals surface area contributed by atoms with Gasteiger partial charge in [0.2, 0.25) is 0 Å². The number of benzene rings is 3. The smallest absolute Gasteiger partial charge is 0.140 e. The third-order valence-electron chi connectivity index (χ3n) is 6.60. The highest BCUT2D eigenvalue weighted by atomic mass is 15.1. The van der Waals surface area contributed by atoms with E-state index in [0.29, 0.717) is 6.04 Å². The van der Waals surface area contributed by atoms with Gasteiger partial charge in [0.1, 0.15) is 5.82 Å². The molecule has 2 heterocycles. The van der Waals surface area contributed by atoms with Crippen LogP contribution in [0.3, 0.4) is 0 Å². The average Bonchev–Trinajstić information content (AvgIpc) is 3.43. The van der Waals surface area contributed by atoms with E-state index < -0.39 is 0 Å². The highest BCUT2D eigenvalue weighted by Crippen LogP contribution is 2.34. The van der Waals surface area contributed by atoms with Crippen molar-refractivity contribution in [1.29, 1.82) is 0 Å². The van der Waals surface area contributed by atoms with Crippen LogP contribution in [0, 0.1) is 0 Å². The molecule has 1 aliphatic carbocycles. The van der Waals surface area contributed by atoms with E-state index in [1.165, 1.54) is 65.2 Å². The van der Waals surface area contributed by atoms with Gasteiger partial charge < -0.3 is 9.13 Å². The standard InChI is InChI=1S/C27H25N3/c1-2-8-21(9-3-1)29-19-18-28-27(29)20-14-16-22(17-15-20)30-25-12-6-4-10-23(25)24-11-5-7-13-26(24)30/h4-7,10-19,21H,1-3,8-9H2. The molecule has 0 saturated heterocycles. The minimum absolute atomic E-state index is 0.591. The number of para-hydroxylation sites is 2. The Morgan fingerprint density at radius 2 is 1.33 bits per heavy atom. The summed E-state index contributed by atoms with van der Waals surface area (Å²) in [4.78, 5) is 4.71. The van der Waals surface area contributed by atoms with Crippen LogP contribution in [-0.4, -0.2) is 14.1 Å². The van der Waals surface area contributed by atoms with Crippen LogP contribution in [0.5, 0.6) is 0 Å². The van der Waals surface area contributed by atoms with Crippen LogP contribution >= 0.6 is 0 Å². The Morgan fingerprint density at radius 1 is 0.700 bits per heavy atom.